The van der Waals surface area contributed by atoms with E-state index in [2.05, 4.69) is 4.90 Å². The van der Waals surface area contributed by atoms with E-state index in [0.717, 1.165) is 25.9 Å². The van der Waals surface area contributed by atoms with Crippen molar-refractivity contribution in [3.8, 4) is 0 Å². The lowest BCUT2D eigenvalue weighted by atomic mass is 9.96. The predicted octanol–water partition coefficient (Wildman–Crippen LogP) is 1.19. The SMILES string of the molecule is O=C(O)CCC(=O)N1CCC(CN2CCCC2)CC1. The van der Waals surface area contributed by atoms with Crippen LogP contribution >= 0.6 is 0 Å². The lowest BCUT2D eigenvalue weighted by Crippen LogP contribution is -2.41. The molecular formula is C14H24N2O3. The van der Waals surface area contributed by atoms with Crippen molar-refractivity contribution in [2.45, 2.75) is 38.5 Å². The Morgan fingerprint density at radius 1 is 1.00 bits per heavy atom. The molecule has 2 aliphatic heterocycles. The summed E-state index contributed by atoms with van der Waals surface area (Å²) in [5, 5.41) is 8.59. The average Bonchev–Trinajstić information content (AvgIpc) is 2.89. The van der Waals surface area contributed by atoms with Crippen LogP contribution in [-0.4, -0.2) is 59.5 Å². The number of aliphatic carboxylic acids is 1. The summed E-state index contributed by atoms with van der Waals surface area (Å²) < 4.78 is 0. The number of carbonyl (C=O) groups is 2. The van der Waals surface area contributed by atoms with Gasteiger partial charge in [-0.1, -0.05) is 0 Å². The summed E-state index contributed by atoms with van der Waals surface area (Å²) in [7, 11) is 0. The van der Waals surface area contributed by atoms with E-state index in [4.69, 9.17) is 5.11 Å². The highest BCUT2D eigenvalue weighted by atomic mass is 16.4. The van der Waals surface area contributed by atoms with Crippen molar-refractivity contribution in [3.05, 3.63) is 0 Å². The molecule has 1 N–H and O–H groups in total. The quantitative estimate of drug-likeness (QED) is 0.813. The molecule has 2 saturated heterocycles. The van der Waals surface area contributed by atoms with E-state index in [1.165, 1.54) is 32.5 Å². The topological polar surface area (TPSA) is 60.9 Å². The van der Waals surface area contributed by atoms with E-state index in [0.29, 0.717) is 5.92 Å². The van der Waals surface area contributed by atoms with Gasteiger partial charge in [0.2, 0.25) is 5.91 Å². The number of rotatable bonds is 5. The first-order valence-electron chi connectivity index (χ1n) is 7.37. The fraction of sp³-hybridized carbons (Fsp3) is 0.857. The molecule has 2 aliphatic rings. The van der Waals surface area contributed by atoms with E-state index in [1.54, 1.807) is 0 Å². The minimum absolute atomic E-state index is 0.00187. The Labute approximate surface area is 114 Å². The van der Waals surface area contributed by atoms with Gasteiger partial charge in [-0.3, -0.25) is 9.59 Å². The van der Waals surface area contributed by atoms with Crippen molar-refractivity contribution in [1.29, 1.82) is 0 Å². The summed E-state index contributed by atoms with van der Waals surface area (Å²) in [6, 6.07) is 0. The summed E-state index contributed by atoms with van der Waals surface area (Å²) in [6.45, 7) is 5.25. The van der Waals surface area contributed by atoms with Gasteiger partial charge in [0, 0.05) is 26.1 Å². The second-order valence-corrected chi connectivity index (χ2v) is 5.73. The smallest absolute Gasteiger partial charge is 0.303 e. The molecule has 2 fully saturated rings. The summed E-state index contributed by atoms with van der Waals surface area (Å²) >= 11 is 0. The molecule has 5 nitrogen and oxygen atoms in total. The average molecular weight is 268 g/mol. The zero-order chi connectivity index (χ0) is 13.7. The number of piperidine rings is 1. The van der Waals surface area contributed by atoms with Crippen molar-refractivity contribution >= 4 is 11.9 Å². The maximum absolute atomic E-state index is 11.8. The van der Waals surface area contributed by atoms with Crippen LogP contribution in [0.2, 0.25) is 0 Å². The number of hydrogen-bond donors (Lipinski definition) is 1. The zero-order valence-electron chi connectivity index (χ0n) is 11.5. The van der Waals surface area contributed by atoms with Gasteiger partial charge in [-0.15, -0.1) is 0 Å². The zero-order valence-corrected chi connectivity index (χ0v) is 11.5. The van der Waals surface area contributed by atoms with Gasteiger partial charge >= 0.3 is 5.97 Å². The van der Waals surface area contributed by atoms with E-state index >= 15 is 0 Å². The van der Waals surface area contributed by atoms with Crippen LogP contribution < -0.4 is 0 Å². The third-order valence-electron chi connectivity index (χ3n) is 4.24. The number of carboxylic acid groups (broad SMARTS) is 1. The van der Waals surface area contributed by atoms with E-state index in [9.17, 15) is 9.59 Å². The van der Waals surface area contributed by atoms with Crippen molar-refractivity contribution in [3.63, 3.8) is 0 Å². The summed E-state index contributed by atoms with van der Waals surface area (Å²) in [6.07, 6.45) is 4.88. The van der Waals surface area contributed by atoms with Crippen LogP contribution in [0.4, 0.5) is 0 Å². The Bertz CT molecular complexity index is 319. The highest BCUT2D eigenvalue weighted by molar-refractivity contribution is 5.80. The third kappa shape index (κ3) is 4.49. The van der Waals surface area contributed by atoms with Gasteiger partial charge in [0.1, 0.15) is 0 Å². The van der Waals surface area contributed by atoms with Crippen molar-refractivity contribution < 1.29 is 14.7 Å². The maximum atomic E-state index is 11.8. The van der Waals surface area contributed by atoms with Gasteiger partial charge in [0.25, 0.3) is 0 Å². The third-order valence-corrected chi connectivity index (χ3v) is 4.24. The minimum Gasteiger partial charge on any atom is -0.481 e. The normalized spacial score (nSPS) is 21.8. The molecule has 0 aromatic rings. The van der Waals surface area contributed by atoms with Crippen LogP contribution in [0.3, 0.4) is 0 Å². The molecule has 5 heteroatoms. The van der Waals surface area contributed by atoms with Crippen LogP contribution in [0.1, 0.15) is 38.5 Å². The molecule has 1 amide bonds. The second-order valence-electron chi connectivity index (χ2n) is 5.73. The molecule has 19 heavy (non-hydrogen) atoms. The van der Waals surface area contributed by atoms with Crippen molar-refractivity contribution in [1.82, 2.24) is 9.80 Å². The Morgan fingerprint density at radius 3 is 2.21 bits per heavy atom. The molecule has 0 unspecified atom stereocenters. The largest absolute Gasteiger partial charge is 0.481 e. The number of likely N-dealkylation sites (tertiary alicyclic amines) is 2. The van der Waals surface area contributed by atoms with Gasteiger partial charge in [0.05, 0.1) is 6.42 Å². The number of carbonyl (C=O) groups excluding carboxylic acids is 1. The van der Waals surface area contributed by atoms with E-state index in [-0.39, 0.29) is 18.7 Å². The van der Waals surface area contributed by atoms with E-state index < -0.39 is 5.97 Å². The maximum Gasteiger partial charge on any atom is 0.303 e. The van der Waals surface area contributed by atoms with Crippen LogP contribution in [0.15, 0.2) is 0 Å². The fourth-order valence-electron chi connectivity index (χ4n) is 3.07. The molecule has 0 spiro atoms. The molecule has 0 atom stereocenters. The second kappa shape index (κ2) is 6.89. The molecule has 0 aliphatic carbocycles. The van der Waals surface area contributed by atoms with Crippen molar-refractivity contribution in [2.24, 2.45) is 5.92 Å². The molecule has 2 heterocycles. The first-order chi connectivity index (χ1) is 9.15. The Hall–Kier alpha value is -1.10. The van der Waals surface area contributed by atoms with Gasteiger partial charge in [0.15, 0.2) is 0 Å². The molecule has 108 valence electrons. The van der Waals surface area contributed by atoms with Crippen LogP contribution in [0.25, 0.3) is 0 Å². The van der Waals surface area contributed by atoms with Crippen molar-refractivity contribution in [2.75, 3.05) is 32.7 Å². The predicted molar refractivity (Wildman–Crippen MR) is 71.8 cm³/mol. The first kappa shape index (κ1) is 14.3. The molecule has 0 aromatic heterocycles. The highest BCUT2D eigenvalue weighted by Crippen LogP contribution is 2.21. The Kier molecular flexibility index (Phi) is 5.19. The number of amides is 1. The molecular weight excluding hydrogens is 244 g/mol. The summed E-state index contributed by atoms with van der Waals surface area (Å²) in [4.78, 5) is 26.6. The van der Waals surface area contributed by atoms with Crippen LogP contribution in [0, 0.1) is 5.92 Å². The standard InChI is InChI=1S/C14H24N2O3/c17-13(3-4-14(18)19)16-9-5-12(6-10-16)11-15-7-1-2-8-15/h12H,1-11H2,(H,18,19). The van der Waals surface area contributed by atoms with Gasteiger partial charge in [-0.2, -0.15) is 0 Å². The minimum atomic E-state index is -0.891. The fourth-order valence-corrected chi connectivity index (χ4v) is 3.07. The summed E-state index contributed by atoms with van der Waals surface area (Å²) in [5.41, 5.74) is 0. The first-order valence-corrected chi connectivity index (χ1v) is 7.37. The van der Waals surface area contributed by atoms with Crippen LogP contribution in [-0.2, 0) is 9.59 Å². The molecule has 0 bridgehead atoms. The van der Waals surface area contributed by atoms with Gasteiger partial charge in [-0.05, 0) is 44.7 Å². The lowest BCUT2D eigenvalue weighted by molar-refractivity contribution is -0.141. The van der Waals surface area contributed by atoms with Gasteiger partial charge in [-0.25, -0.2) is 0 Å². The highest BCUT2D eigenvalue weighted by Gasteiger charge is 2.25. The molecule has 2 rings (SSSR count). The molecule has 0 radical (unpaired) electrons. The monoisotopic (exact) mass is 268 g/mol. The Morgan fingerprint density at radius 2 is 1.63 bits per heavy atom. The molecule has 0 aromatic carbocycles. The lowest BCUT2D eigenvalue weighted by Gasteiger charge is -2.33. The number of hydrogen-bond acceptors (Lipinski definition) is 3. The number of nitrogens with zero attached hydrogens (tertiary/aromatic N) is 2. The number of carboxylic acids is 1. The van der Waals surface area contributed by atoms with Gasteiger partial charge < -0.3 is 14.9 Å². The summed E-state index contributed by atoms with van der Waals surface area (Å²) in [5.74, 6) is -0.180. The Balaban J connectivity index is 1.66. The van der Waals surface area contributed by atoms with E-state index in [1.807, 2.05) is 4.90 Å². The van der Waals surface area contributed by atoms with Crippen LogP contribution in [0.5, 0.6) is 0 Å². The molecule has 0 saturated carbocycles.